The van der Waals surface area contributed by atoms with Crippen LogP contribution < -0.4 is 5.32 Å². The van der Waals surface area contributed by atoms with Crippen molar-refractivity contribution < 1.29 is 14.7 Å². The summed E-state index contributed by atoms with van der Waals surface area (Å²) in [5.41, 5.74) is -0.132. The van der Waals surface area contributed by atoms with E-state index in [2.05, 4.69) is 15.3 Å². The third-order valence-electron chi connectivity index (χ3n) is 5.59. The van der Waals surface area contributed by atoms with Gasteiger partial charge >= 0.3 is 5.97 Å². The van der Waals surface area contributed by atoms with E-state index in [1.54, 1.807) is 0 Å². The molecule has 21 heavy (non-hydrogen) atoms. The number of amides is 1. The number of hydrogen-bond acceptors (Lipinski definition) is 3. The number of carbonyl (C=O) groups excluding carboxylic acids is 1. The van der Waals surface area contributed by atoms with Gasteiger partial charge in [-0.3, -0.25) is 4.79 Å². The Hall–Kier alpha value is -1.85. The van der Waals surface area contributed by atoms with Crippen molar-refractivity contribution in [3.05, 3.63) is 17.7 Å². The minimum atomic E-state index is -1.15. The van der Waals surface area contributed by atoms with Crippen LogP contribution in [0.5, 0.6) is 0 Å². The van der Waals surface area contributed by atoms with Gasteiger partial charge in [0.15, 0.2) is 11.4 Å². The largest absolute Gasteiger partial charge is 0.477 e. The Balaban J connectivity index is 1.52. The minimum absolute atomic E-state index is 0.00342. The van der Waals surface area contributed by atoms with E-state index in [1.165, 1.54) is 38.4 Å². The average Bonchev–Trinajstić information content (AvgIpc) is 2.91. The number of nitrogens with zero attached hydrogens (tertiary/aromatic N) is 1. The monoisotopic (exact) mass is 289 g/mol. The first-order chi connectivity index (χ1) is 10.1. The number of hydrogen-bond donors (Lipinski definition) is 3. The predicted molar refractivity (Wildman–Crippen MR) is 73.8 cm³/mol. The molecule has 0 aromatic carbocycles. The van der Waals surface area contributed by atoms with E-state index >= 15 is 0 Å². The van der Waals surface area contributed by atoms with Gasteiger partial charge in [-0.1, -0.05) is 0 Å². The summed E-state index contributed by atoms with van der Waals surface area (Å²) in [4.78, 5) is 29.8. The van der Waals surface area contributed by atoms with Crippen molar-refractivity contribution >= 4 is 11.9 Å². The summed E-state index contributed by atoms with van der Waals surface area (Å²) < 4.78 is 0. The number of carboxylic acids is 1. The first-order valence-corrected chi connectivity index (χ1v) is 7.69. The fourth-order valence-corrected chi connectivity index (χ4v) is 5.01. The summed E-state index contributed by atoms with van der Waals surface area (Å²) in [6.07, 6.45) is 7.48. The molecule has 0 radical (unpaired) electrons. The maximum absolute atomic E-state index is 12.4. The third kappa shape index (κ3) is 2.04. The highest BCUT2D eigenvalue weighted by Gasteiger charge is 2.48. The van der Waals surface area contributed by atoms with Crippen LogP contribution in [0.4, 0.5) is 0 Å². The lowest BCUT2D eigenvalue weighted by atomic mass is 9.54. The Morgan fingerprint density at radius 3 is 2.33 bits per heavy atom. The second-order valence-corrected chi connectivity index (χ2v) is 6.86. The number of rotatable bonds is 3. The fraction of sp³-hybridized carbons (Fsp3) is 0.667. The number of imidazole rings is 1. The summed E-state index contributed by atoms with van der Waals surface area (Å²) in [6, 6.07) is 0.198. The molecular weight excluding hydrogens is 270 g/mol. The molecule has 0 aliphatic heterocycles. The highest BCUT2D eigenvalue weighted by molar-refractivity contribution is 6.02. The van der Waals surface area contributed by atoms with Crippen LogP contribution in [-0.2, 0) is 0 Å². The Morgan fingerprint density at radius 2 is 1.76 bits per heavy atom. The third-order valence-corrected chi connectivity index (χ3v) is 5.59. The van der Waals surface area contributed by atoms with Crippen molar-refractivity contribution in [2.75, 3.05) is 0 Å². The van der Waals surface area contributed by atoms with Crippen molar-refractivity contribution in [3.8, 4) is 0 Å². The normalized spacial score (nSPS) is 36.7. The summed E-state index contributed by atoms with van der Waals surface area (Å²) in [5.74, 6) is 1.32. The molecule has 0 atom stereocenters. The first-order valence-electron chi connectivity index (χ1n) is 7.69. The Labute approximate surface area is 122 Å². The quantitative estimate of drug-likeness (QED) is 0.788. The van der Waals surface area contributed by atoms with Crippen LogP contribution in [0.1, 0.15) is 53.1 Å². The van der Waals surface area contributed by atoms with Gasteiger partial charge in [0, 0.05) is 6.04 Å². The van der Waals surface area contributed by atoms with E-state index in [4.69, 9.17) is 5.11 Å². The second-order valence-electron chi connectivity index (χ2n) is 6.86. The fourth-order valence-electron chi connectivity index (χ4n) is 5.01. The van der Waals surface area contributed by atoms with E-state index in [0.29, 0.717) is 11.8 Å². The van der Waals surface area contributed by atoms with Gasteiger partial charge in [-0.05, 0) is 55.8 Å². The van der Waals surface area contributed by atoms with Gasteiger partial charge in [-0.2, -0.15) is 0 Å². The van der Waals surface area contributed by atoms with Gasteiger partial charge in [0.2, 0.25) is 0 Å². The van der Waals surface area contributed by atoms with Crippen LogP contribution in [0.25, 0.3) is 0 Å². The number of carbonyl (C=O) groups is 2. The molecule has 4 aliphatic rings. The van der Waals surface area contributed by atoms with E-state index in [-0.39, 0.29) is 23.3 Å². The Morgan fingerprint density at radius 1 is 1.14 bits per heavy atom. The van der Waals surface area contributed by atoms with Gasteiger partial charge in [-0.25, -0.2) is 9.78 Å². The minimum Gasteiger partial charge on any atom is -0.477 e. The Kier molecular flexibility index (Phi) is 2.80. The number of aromatic nitrogens is 2. The summed E-state index contributed by atoms with van der Waals surface area (Å²) in [6.45, 7) is 0. The lowest BCUT2D eigenvalue weighted by molar-refractivity contribution is -0.0120. The summed E-state index contributed by atoms with van der Waals surface area (Å²) in [7, 11) is 0. The second kappa shape index (κ2) is 4.58. The number of aromatic amines is 1. The van der Waals surface area contributed by atoms with E-state index in [9.17, 15) is 9.59 Å². The van der Waals surface area contributed by atoms with Crippen molar-refractivity contribution in [2.24, 2.45) is 23.7 Å². The average molecular weight is 289 g/mol. The van der Waals surface area contributed by atoms with Gasteiger partial charge in [0.1, 0.15) is 0 Å². The van der Waals surface area contributed by atoms with Crippen LogP contribution in [0.15, 0.2) is 6.33 Å². The SMILES string of the molecule is O=C(NC1C2CC3CC(C2)CC1C3)c1nc[nH]c1C(=O)O. The number of aromatic carboxylic acids is 1. The molecule has 3 N–H and O–H groups in total. The molecule has 4 fully saturated rings. The molecule has 1 amide bonds. The van der Waals surface area contributed by atoms with Crippen LogP contribution in [0, 0.1) is 23.7 Å². The Bertz CT molecular complexity index is 567. The number of H-pyrrole nitrogens is 1. The topological polar surface area (TPSA) is 95.1 Å². The predicted octanol–water partition coefficient (Wildman–Crippen LogP) is 1.66. The molecule has 0 saturated heterocycles. The van der Waals surface area contributed by atoms with Crippen LogP contribution in [0.3, 0.4) is 0 Å². The van der Waals surface area contributed by atoms with Gasteiger partial charge in [0.05, 0.1) is 6.33 Å². The molecule has 1 heterocycles. The molecule has 5 rings (SSSR count). The molecule has 4 aliphatic carbocycles. The maximum atomic E-state index is 12.4. The molecular formula is C15H19N3O3. The zero-order valence-corrected chi connectivity index (χ0v) is 11.7. The molecule has 4 saturated carbocycles. The van der Waals surface area contributed by atoms with Crippen molar-refractivity contribution in [2.45, 2.75) is 38.1 Å². The summed E-state index contributed by atoms with van der Waals surface area (Å²) >= 11 is 0. The van der Waals surface area contributed by atoms with Gasteiger partial charge in [0.25, 0.3) is 5.91 Å². The van der Waals surface area contributed by atoms with E-state index in [0.717, 1.165) is 11.8 Å². The number of carboxylic acid groups (broad SMARTS) is 1. The molecule has 112 valence electrons. The zero-order chi connectivity index (χ0) is 14.6. The van der Waals surface area contributed by atoms with Gasteiger partial charge in [-0.15, -0.1) is 0 Å². The van der Waals surface area contributed by atoms with Crippen molar-refractivity contribution in [1.82, 2.24) is 15.3 Å². The highest BCUT2D eigenvalue weighted by atomic mass is 16.4. The van der Waals surface area contributed by atoms with Crippen LogP contribution in [-0.4, -0.2) is 33.0 Å². The van der Waals surface area contributed by atoms with Crippen molar-refractivity contribution in [3.63, 3.8) is 0 Å². The van der Waals surface area contributed by atoms with Gasteiger partial charge < -0.3 is 15.4 Å². The first kappa shape index (κ1) is 12.9. The highest BCUT2D eigenvalue weighted by Crippen LogP contribution is 2.53. The number of nitrogens with one attached hydrogen (secondary N) is 2. The molecule has 6 nitrogen and oxygen atoms in total. The lowest BCUT2D eigenvalue weighted by Crippen LogP contribution is -2.56. The standard InChI is InChI=1S/C15H19N3O3/c19-14(12-13(15(20)21)17-6-16-12)18-11-9-2-7-1-8(4-9)5-10(11)3-7/h6-11H,1-5H2,(H,16,17)(H,18,19)(H,20,21). The molecule has 1 aromatic rings. The maximum Gasteiger partial charge on any atom is 0.354 e. The zero-order valence-electron chi connectivity index (χ0n) is 11.7. The molecule has 0 spiro atoms. The van der Waals surface area contributed by atoms with E-state index < -0.39 is 5.97 Å². The molecule has 0 unspecified atom stereocenters. The summed E-state index contributed by atoms with van der Waals surface area (Å²) in [5, 5.41) is 12.1. The molecule has 1 aromatic heterocycles. The van der Waals surface area contributed by atoms with E-state index in [1.807, 2.05) is 0 Å². The van der Waals surface area contributed by atoms with Crippen LogP contribution >= 0.6 is 0 Å². The smallest absolute Gasteiger partial charge is 0.354 e. The van der Waals surface area contributed by atoms with Crippen molar-refractivity contribution in [1.29, 1.82) is 0 Å². The molecule has 4 bridgehead atoms. The lowest BCUT2D eigenvalue weighted by Gasteiger charge is -2.54. The molecule has 6 heteroatoms. The van der Waals surface area contributed by atoms with Crippen LogP contribution in [0.2, 0.25) is 0 Å².